The average molecular weight is 362 g/mol. The fourth-order valence-corrected chi connectivity index (χ4v) is 2.25. The van der Waals surface area contributed by atoms with Gasteiger partial charge in [-0.05, 0) is 48.5 Å². The van der Waals surface area contributed by atoms with E-state index in [4.69, 9.17) is 16.9 Å². The number of ether oxygens (including phenoxy) is 1. The molecule has 0 saturated carbocycles. The molecule has 0 radical (unpaired) electrons. The lowest BCUT2D eigenvalue weighted by Gasteiger charge is -2.11. The number of urea groups is 1. The van der Waals surface area contributed by atoms with Crippen LogP contribution in [0.2, 0.25) is 0 Å². The van der Waals surface area contributed by atoms with E-state index >= 15 is 0 Å². The van der Waals surface area contributed by atoms with Crippen molar-refractivity contribution in [1.29, 1.82) is 0 Å². The van der Waals surface area contributed by atoms with Gasteiger partial charge in [-0.1, -0.05) is 5.92 Å². The Morgan fingerprint density at radius 1 is 1.04 bits per heavy atom. The Labute approximate surface area is 155 Å². The third-order valence-electron chi connectivity index (χ3n) is 3.53. The van der Waals surface area contributed by atoms with E-state index in [0.29, 0.717) is 28.4 Å². The molecule has 0 saturated heterocycles. The molecule has 1 heterocycles. The molecule has 2 aromatic carbocycles. The van der Waals surface area contributed by atoms with Crippen LogP contribution in [-0.4, -0.2) is 11.0 Å². The van der Waals surface area contributed by atoms with E-state index in [9.17, 15) is 9.18 Å². The number of anilines is 3. The van der Waals surface area contributed by atoms with E-state index in [2.05, 4.69) is 21.5 Å². The molecule has 6 nitrogen and oxygen atoms in total. The number of terminal acetylenes is 1. The molecule has 0 unspecified atom stereocenters. The maximum Gasteiger partial charge on any atom is 0.323 e. The monoisotopic (exact) mass is 362 g/mol. The standard InChI is InChI=1S/C20H15FN4O2/c1-2-17-18(11-12-23-19(17)22)27-16-9-7-15(8-10-16)25-20(26)24-14-5-3-13(21)4-6-14/h1,3-12H,(H2,22,23)(H2,24,25,26). The Bertz CT molecular complexity index is 996. The molecule has 27 heavy (non-hydrogen) atoms. The average Bonchev–Trinajstić information content (AvgIpc) is 2.65. The van der Waals surface area contributed by atoms with Gasteiger partial charge in [0.25, 0.3) is 0 Å². The first-order valence-corrected chi connectivity index (χ1v) is 7.88. The zero-order valence-corrected chi connectivity index (χ0v) is 14.1. The molecule has 0 aliphatic rings. The highest BCUT2D eigenvalue weighted by Gasteiger charge is 2.08. The van der Waals surface area contributed by atoms with Gasteiger partial charge in [0.2, 0.25) is 0 Å². The minimum absolute atomic E-state index is 0.214. The highest BCUT2D eigenvalue weighted by atomic mass is 19.1. The molecule has 4 N–H and O–H groups in total. The Balaban J connectivity index is 1.64. The quantitative estimate of drug-likeness (QED) is 0.606. The molecule has 7 heteroatoms. The number of halogens is 1. The smallest absolute Gasteiger partial charge is 0.323 e. The number of nitrogens with zero attached hydrogens (tertiary/aromatic N) is 1. The van der Waals surface area contributed by atoms with Crippen LogP contribution in [0, 0.1) is 18.2 Å². The molecule has 0 atom stereocenters. The second-order valence-electron chi connectivity index (χ2n) is 5.43. The van der Waals surface area contributed by atoms with Crippen LogP contribution in [0.4, 0.5) is 26.4 Å². The van der Waals surface area contributed by atoms with Gasteiger partial charge < -0.3 is 21.1 Å². The van der Waals surface area contributed by atoms with Crippen LogP contribution >= 0.6 is 0 Å². The number of rotatable bonds is 4. The number of pyridine rings is 1. The summed E-state index contributed by atoms with van der Waals surface area (Å²) in [6.07, 6.45) is 6.93. The lowest BCUT2D eigenvalue weighted by molar-refractivity contribution is 0.262. The van der Waals surface area contributed by atoms with Crippen molar-refractivity contribution in [3.05, 3.63) is 72.2 Å². The molecule has 3 aromatic rings. The Morgan fingerprint density at radius 2 is 1.63 bits per heavy atom. The number of amides is 2. The maximum absolute atomic E-state index is 12.9. The zero-order valence-electron chi connectivity index (χ0n) is 14.1. The predicted molar refractivity (Wildman–Crippen MR) is 102 cm³/mol. The second-order valence-corrected chi connectivity index (χ2v) is 5.43. The predicted octanol–water partition coefficient (Wildman–Crippen LogP) is 4.22. The van der Waals surface area contributed by atoms with Gasteiger partial charge in [-0.3, -0.25) is 0 Å². The zero-order chi connectivity index (χ0) is 19.2. The van der Waals surface area contributed by atoms with Gasteiger partial charge in [0.05, 0.1) is 0 Å². The molecule has 0 aliphatic heterocycles. The van der Waals surface area contributed by atoms with Crippen molar-refractivity contribution in [2.75, 3.05) is 16.4 Å². The van der Waals surface area contributed by atoms with Crippen molar-refractivity contribution in [2.24, 2.45) is 0 Å². The molecule has 0 fully saturated rings. The van der Waals surface area contributed by atoms with Gasteiger partial charge in [-0.25, -0.2) is 14.2 Å². The summed E-state index contributed by atoms with van der Waals surface area (Å²) in [5.41, 5.74) is 7.13. The van der Waals surface area contributed by atoms with Crippen molar-refractivity contribution < 1.29 is 13.9 Å². The largest absolute Gasteiger partial charge is 0.456 e. The third kappa shape index (κ3) is 4.52. The molecule has 0 bridgehead atoms. The minimum Gasteiger partial charge on any atom is -0.456 e. The molecule has 0 spiro atoms. The van der Waals surface area contributed by atoms with Gasteiger partial charge in [0.15, 0.2) is 0 Å². The van der Waals surface area contributed by atoms with E-state index in [0.717, 1.165) is 0 Å². The highest BCUT2D eigenvalue weighted by molar-refractivity contribution is 5.99. The fourth-order valence-electron chi connectivity index (χ4n) is 2.25. The van der Waals surface area contributed by atoms with E-state index in [1.807, 2.05) is 0 Å². The first kappa shape index (κ1) is 17.8. The number of nitrogen functional groups attached to an aromatic ring is 1. The van der Waals surface area contributed by atoms with Gasteiger partial charge in [0.1, 0.15) is 28.7 Å². The van der Waals surface area contributed by atoms with Crippen LogP contribution in [0.25, 0.3) is 0 Å². The van der Waals surface area contributed by atoms with Crippen LogP contribution in [-0.2, 0) is 0 Å². The van der Waals surface area contributed by atoms with Crippen LogP contribution in [0.15, 0.2) is 60.8 Å². The molecule has 3 rings (SSSR count). The summed E-state index contributed by atoms with van der Waals surface area (Å²) in [6.45, 7) is 0. The summed E-state index contributed by atoms with van der Waals surface area (Å²) in [7, 11) is 0. The SMILES string of the molecule is C#Cc1c(Oc2ccc(NC(=O)Nc3ccc(F)cc3)cc2)ccnc1N. The number of hydrogen-bond donors (Lipinski definition) is 3. The molecular weight excluding hydrogens is 347 g/mol. The van der Waals surface area contributed by atoms with Crippen molar-refractivity contribution in [2.45, 2.75) is 0 Å². The summed E-state index contributed by atoms with van der Waals surface area (Å²) in [6, 6.07) is 13.3. The molecule has 134 valence electrons. The number of hydrogen-bond acceptors (Lipinski definition) is 4. The van der Waals surface area contributed by atoms with Crippen LogP contribution in [0.1, 0.15) is 5.56 Å². The minimum atomic E-state index is -0.452. The van der Waals surface area contributed by atoms with Gasteiger partial charge in [-0.2, -0.15) is 0 Å². The van der Waals surface area contributed by atoms with Gasteiger partial charge in [-0.15, -0.1) is 6.42 Å². The summed E-state index contributed by atoms with van der Waals surface area (Å²) in [5.74, 6) is 3.22. The van der Waals surface area contributed by atoms with E-state index < -0.39 is 6.03 Å². The first-order valence-electron chi connectivity index (χ1n) is 7.88. The fraction of sp³-hybridized carbons (Fsp3) is 0. The summed E-state index contributed by atoms with van der Waals surface area (Å²) >= 11 is 0. The van der Waals surface area contributed by atoms with E-state index in [-0.39, 0.29) is 11.6 Å². The van der Waals surface area contributed by atoms with E-state index in [1.165, 1.54) is 30.5 Å². The second kappa shape index (κ2) is 7.89. The highest BCUT2D eigenvalue weighted by Crippen LogP contribution is 2.28. The van der Waals surface area contributed by atoms with Crippen molar-refractivity contribution in [1.82, 2.24) is 4.98 Å². The lowest BCUT2D eigenvalue weighted by atomic mass is 10.2. The Morgan fingerprint density at radius 3 is 2.22 bits per heavy atom. The van der Waals surface area contributed by atoms with Crippen molar-refractivity contribution >= 4 is 23.2 Å². The molecule has 0 aliphatic carbocycles. The van der Waals surface area contributed by atoms with Crippen LogP contribution in [0.5, 0.6) is 11.5 Å². The first-order chi connectivity index (χ1) is 13.0. The maximum atomic E-state index is 12.9. The summed E-state index contributed by atoms with van der Waals surface area (Å²) in [5, 5.41) is 5.27. The summed E-state index contributed by atoms with van der Waals surface area (Å²) in [4.78, 5) is 15.9. The van der Waals surface area contributed by atoms with Crippen molar-refractivity contribution in [3.8, 4) is 23.8 Å². The molecular formula is C20H15FN4O2. The number of nitrogens with one attached hydrogen (secondary N) is 2. The Kier molecular flexibility index (Phi) is 5.19. The molecule has 2 amide bonds. The number of carbonyl (C=O) groups is 1. The number of aromatic nitrogens is 1. The molecule has 1 aromatic heterocycles. The normalized spacial score (nSPS) is 9.93. The number of carbonyl (C=O) groups excluding carboxylic acids is 1. The lowest BCUT2D eigenvalue weighted by Crippen LogP contribution is -2.19. The number of benzene rings is 2. The van der Waals surface area contributed by atoms with Crippen LogP contribution in [0.3, 0.4) is 0 Å². The third-order valence-corrected chi connectivity index (χ3v) is 3.53. The summed E-state index contributed by atoms with van der Waals surface area (Å²) < 4.78 is 18.6. The number of nitrogens with two attached hydrogens (primary N) is 1. The van der Waals surface area contributed by atoms with Gasteiger partial charge >= 0.3 is 6.03 Å². The van der Waals surface area contributed by atoms with Crippen LogP contribution < -0.4 is 21.1 Å². The topological polar surface area (TPSA) is 89.3 Å². The van der Waals surface area contributed by atoms with Crippen molar-refractivity contribution in [3.63, 3.8) is 0 Å². The Hall–Kier alpha value is -4.05. The van der Waals surface area contributed by atoms with E-state index in [1.54, 1.807) is 30.3 Å². The van der Waals surface area contributed by atoms with Gasteiger partial charge in [0, 0.05) is 23.6 Å².